The van der Waals surface area contributed by atoms with Crippen LogP contribution < -0.4 is 4.74 Å². The van der Waals surface area contributed by atoms with Crippen LogP contribution in [0.3, 0.4) is 0 Å². The molecule has 1 N–H and O–H groups in total. The van der Waals surface area contributed by atoms with Gasteiger partial charge in [-0.25, -0.2) is 8.42 Å². The van der Waals surface area contributed by atoms with Crippen molar-refractivity contribution in [2.75, 3.05) is 26.8 Å². The van der Waals surface area contributed by atoms with Gasteiger partial charge in [0.2, 0.25) is 10.0 Å². The van der Waals surface area contributed by atoms with Crippen molar-refractivity contribution in [2.24, 2.45) is 0 Å². The number of piperidine rings is 1. The first-order chi connectivity index (χ1) is 11.0. The quantitative estimate of drug-likeness (QED) is 0.899. The van der Waals surface area contributed by atoms with Crippen LogP contribution in [0.25, 0.3) is 0 Å². The zero-order chi connectivity index (χ0) is 16.5. The van der Waals surface area contributed by atoms with E-state index in [4.69, 9.17) is 9.47 Å². The fourth-order valence-electron chi connectivity index (χ4n) is 3.46. The number of hydrogen-bond donors (Lipinski definition) is 1. The second-order valence-corrected chi connectivity index (χ2v) is 8.03. The van der Waals surface area contributed by atoms with Crippen LogP contribution >= 0.6 is 0 Å². The molecule has 1 unspecified atom stereocenters. The van der Waals surface area contributed by atoms with Gasteiger partial charge in [0.1, 0.15) is 10.6 Å². The molecule has 1 spiro atoms. The summed E-state index contributed by atoms with van der Waals surface area (Å²) in [6.07, 6.45) is 2.10. The zero-order valence-electron chi connectivity index (χ0n) is 13.3. The molecule has 2 saturated heterocycles. The van der Waals surface area contributed by atoms with Crippen LogP contribution in [0.1, 0.15) is 25.7 Å². The van der Waals surface area contributed by atoms with Gasteiger partial charge in [0.25, 0.3) is 0 Å². The number of nitrogens with zero attached hydrogens (tertiary/aromatic N) is 1. The Labute approximate surface area is 137 Å². The molecule has 0 aliphatic carbocycles. The number of hydrogen-bond acceptors (Lipinski definition) is 5. The summed E-state index contributed by atoms with van der Waals surface area (Å²) in [7, 11) is -2.14. The number of aliphatic hydroxyl groups is 1. The predicted octanol–water partition coefficient (Wildman–Crippen LogP) is 1.39. The average molecular weight is 341 g/mol. The number of sulfonamides is 1. The van der Waals surface area contributed by atoms with E-state index in [1.54, 1.807) is 24.3 Å². The maximum atomic E-state index is 12.9. The minimum absolute atomic E-state index is 0.184. The van der Waals surface area contributed by atoms with Crippen molar-refractivity contribution in [3.05, 3.63) is 24.3 Å². The summed E-state index contributed by atoms with van der Waals surface area (Å²) in [5, 5.41) is 10.3. The first kappa shape index (κ1) is 16.7. The van der Waals surface area contributed by atoms with Gasteiger partial charge in [-0.05, 0) is 37.8 Å². The lowest BCUT2D eigenvalue weighted by Crippen LogP contribution is -2.56. The van der Waals surface area contributed by atoms with Crippen LogP contribution in [0, 0.1) is 0 Å². The normalized spacial score (nSPS) is 25.4. The van der Waals surface area contributed by atoms with Gasteiger partial charge in [-0.2, -0.15) is 4.31 Å². The topological polar surface area (TPSA) is 76.1 Å². The first-order valence-electron chi connectivity index (χ1n) is 7.95. The third kappa shape index (κ3) is 2.98. The molecule has 6 nitrogen and oxygen atoms in total. The second-order valence-electron chi connectivity index (χ2n) is 6.13. The smallest absolute Gasteiger partial charge is 0.246 e. The number of rotatable bonds is 3. The van der Waals surface area contributed by atoms with E-state index >= 15 is 0 Å². The molecule has 3 rings (SSSR count). The van der Waals surface area contributed by atoms with Crippen molar-refractivity contribution in [2.45, 2.75) is 42.3 Å². The summed E-state index contributed by atoms with van der Waals surface area (Å²) >= 11 is 0. The highest BCUT2D eigenvalue weighted by atomic mass is 32.2. The zero-order valence-corrected chi connectivity index (χ0v) is 14.1. The SMILES string of the molecule is COc1ccccc1S(=O)(=O)N1CCC2(CC1)OCCCC2O. The minimum atomic E-state index is -3.61. The molecule has 2 aliphatic rings. The summed E-state index contributed by atoms with van der Waals surface area (Å²) < 4.78 is 38.2. The number of ether oxygens (including phenoxy) is 2. The molecule has 7 heteroatoms. The molecular weight excluding hydrogens is 318 g/mol. The Kier molecular flexibility index (Phi) is 4.64. The number of methoxy groups -OCH3 is 1. The molecule has 2 heterocycles. The Morgan fingerprint density at radius 3 is 2.65 bits per heavy atom. The van der Waals surface area contributed by atoms with Crippen molar-refractivity contribution in [3.8, 4) is 5.75 Å². The molecule has 0 radical (unpaired) electrons. The van der Waals surface area contributed by atoms with Gasteiger partial charge in [0.15, 0.2) is 0 Å². The predicted molar refractivity (Wildman–Crippen MR) is 84.9 cm³/mol. The Morgan fingerprint density at radius 1 is 1.30 bits per heavy atom. The fourth-order valence-corrected chi connectivity index (χ4v) is 5.06. The van der Waals surface area contributed by atoms with Crippen LogP contribution in [0.5, 0.6) is 5.75 Å². The third-order valence-corrected chi connectivity index (χ3v) is 6.81. The third-order valence-electron chi connectivity index (χ3n) is 4.87. The summed E-state index contributed by atoms with van der Waals surface area (Å²) in [5.74, 6) is 0.349. The van der Waals surface area contributed by atoms with Crippen LogP contribution in [-0.2, 0) is 14.8 Å². The van der Waals surface area contributed by atoms with Gasteiger partial charge in [0, 0.05) is 19.7 Å². The maximum Gasteiger partial charge on any atom is 0.246 e. The first-order valence-corrected chi connectivity index (χ1v) is 9.39. The van der Waals surface area contributed by atoms with Gasteiger partial charge < -0.3 is 14.6 Å². The molecule has 0 saturated carbocycles. The van der Waals surface area contributed by atoms with Crippen LogP contribution in [0.4, 0.5) is 0 Å². The Morgan fingerprint density at radius 2 is 2.00 bits per heavy atom. The number of para-hydroxylation sites is 1. The maximum absolute atomic E-state index is 12.9. The van der Waals surface area contributed by atoms with E-state index in [2.05, 4.69) is 0 Å². The number of benzene rings is 1. The Bertz CT molecular complexity index is 652. The van der Waals surface area contributed by atoms with E-state index in [9.17, 15) is 13.5 Å². The van der Waals surface area contributed by atoms with Gasteiger partial charge in [0.05, 0.1) is 18.8 Å². The van der Waals surface area contributed by atoms with Crippen LogP contribution in [-0.4, -0.2) is 56.3 Å². The van der Waals surface area contributed by atoms with E-state index in [0.717, 1.165) is 12.8 Å². The standard InChI is InChI=1S/C16H23NO5S/c1-21-13-5-2-3-6-14(13)23(19,20)17-10-8-16(9-11-17)15(18)7-4-12-22-16/h2-3,5-6,15,18H,4,7-12H2,1H3. The monoisotopic (exact) mass is 341 g/mol. The van der Waals surface area contributed by atoms with E-state index < -0.39 is 21.7 Å². The van der Waals surface area contributed by atoms with E-state index in [1.165, 1.54) is 11.4 Å². The van der Waals surface area contributed by atoms with Crippen molar-refractivity contribution >= 4 is 10.0 Å². The van der Waals surface area contributed by atoms with Crippen molar-refractivity contribution < 1.29 is 23.0 Å². The van der Waals surface area contributed by atoms with E-state index in [0.29, 0.717) is 38.3 Å². The van der Waals surface area contributed by atoms with Crippen LogP contribution in [0.2, 0.25) is 0 Å². The summed E-state index contributed by atoms with van der Waals surface area (Å²) in [4.78, 5) is 0.184. The summed E-state index contributed by atoms with van der Waals surface area (Å²) in [6.45, 7) is 1.32. The molecule has 1 aromatic rings. The van der Waals surface area contributed by atoms with Crippen molar-refractivity contribution in [1.29, 1.82) is 0 Å². The lowest BCUT2D eigenvalue weighted by molar-refractivity contribution is -0.172. The average Bonchev–Trinajstić information content (AvgIpc) is 2.58. The summed E-state index contributed by atoms with van der Waals surface area (Å²) in [5.41, 5.74) is -0.578. The fraction of sp³-hybridized carbons (Fsp3) is 0.625. The Hall–Kier alpha value is -1.15. The molecule has 23 heavy (non-hydrogen) atoms. The molecule has 128 valence electrons. The van der Waals surface area contributed by atoms with Crippen molar-refractivity contribution in [1.82, 2.24) is 4.31 Å². The molecule has 2 fully saturated rings. The second kappa shape index (κ2) is 6.39. The highest BCUT2D eigenvalue weighted by Crippen LogP contribution is 2.37. The number of aliphatic hydroxyl groups excluding tert-OH is 1. The lowest BCUT2D eigenvalue weighted by Gasteiger charge is -2.46. The molecule has 2 aliphatic heterocycles. The molecule has 1 aromatic carbocycles. The molecule has 0 bridgehead atoms. The van der Waals surface area contributed by atoms with E-state index in [1.807, 2.05) is 0 Å². The largest absolute Gasteiger partial charge is 0.495 e. The van der Waals surface area contributed by atoms with Gasteiger partial charge >= 0.3 is 0 Å². The molecular formula is C16H23NO5S. The van der Waals surface area contributed by atoms with E-state index in [-0.39, 0.29) is 4.90 Å². The van der Waals surface area contributed by atoms with Crippen LogP contribution in [0.15, 0.2) is 29.2 Å². The Balaban J connectivity index is 1.79. The van der Waals surface area contributed by atoms with Gasteiger partial charge in [-0.3, -0.25) is 0 Å². The van der Waals surface area contributed by atoms with Gasteiger partial charge in [-0.1, -0.05) is 12.1 Å². The lowest BCUT2D eigenvalue weighted by atomic mass is 9.82. The molecule has 1 atom stereocenters. The minimum Gasteiger partial charge on any atom is -0.495 e. The van der Waals surface area contributed by atoms with Crippen molar-refractivity contribution in [3.63, 3.8) is 0 Å². The molecule has 0 aromatic heterocycles. The summed E-state index contributed by atoms with van der Waals surface area (Å²) in [6, 6.07) is 6.64. The molecule has 0 amide bonds. The highest BCUT2D eigenvalue weighted by Gasteiger charge is 2.45. The van der Waals surface area contributed by atoms with Gasteiger partial charge in [-0.15, -0.1) is 0 Å². The highest BCUT2D eigenvalue weighted by molar-refractivity contribution is 7.89.